The van der Waals surface area contributed by atoms with Gasteiger partial charge in [0.2, 0.25) is 0 Å². The number of rotatable bonds is 9. The van der Waals surface area contributed by atoms with Crippen LogP contribution in [0.2, 0.25) is 0 Å². The summed E-state index contributed by atoms with van der Waals surface area (Å²) in [5, 5.41) is 4.39. The van der Waals surface area contributed by atoms with Gasteiger partial charge in [-0.25, -0.2) is 9.97 Å². The lowest BCUT2D eigenvalue weighted by Gasteiger charge is -2.11. The zero-order valence-electron chi connectivity index (χ0n) is 12.4. The van der Waals surface area contributed by atoms with Crippen molar-refractivity contribution in [3.05, 3.63) is 11.9 Å². The molecule has 4 nitrogen and oxygen atoms in total. The first-order valence-corrected chi connectivity index (χ1v) is 7.90. The molecule has 0 radical (unpaired) electrons. The largest absolute Gasteiger partial charge is 0.385 e. The maximum absolute atomic E-state index is 5.06. The van der Waals surface area contributed by atoms with Gasteiger partial charge < -0.3 is 10.1 Å². The van der Waals surface area contributed by atoms with Crippen molar-refractivity contribution in [2.75, 3.05) is 31.3 Å². The SMILES string of the molecule is CCCNc1cc(SCCCOC)nc(C(C)C)n1. The summed E-state index contributed by atoms with van der Waals surface area (Å²) in [6.45, 7) is 8.15. The molecule has 0 spiro atoms. The van der Waals surface area contributed by atoms with Crippen molar-refractivity contribution < 1.29 is 4.74 Å². The van der Waals surface area contributed by atoms with Crippen LogP contribution in [0.3, 0.4) is 0 Å². The summed E-state index contributed by atoms with van der Waals surface area (Å²) < 4.78 is 5.06. The van der Waals surface area contributed by atoms with Crippen LogP contribution in [0, 0.1) is 0 Å². The van der Waals surface area contributed by atoms with E-state index in [-0.39, 0.29) is 0 Å². The van der Waals surface area contributed by atoms with Gasteiger partial charge in [-0.2, -0.15) is 0 Å². The van der Waals surface area contributed by atoms with Gasteiger partial charge in [-0.05, 0) is 12.8 Å². The highest BCUT2D eigenvalue weighted by Gasteiger charge is 2.08. The molecule has 0 atom stereocenters. The van der Waals surface area contributed by atoms with Crippen molar-refractivity contribution in [3.63, 3.8) is 0 Å². The molecule has 0 aliphatic carbocycles. The van der Waals surface area contributed by atoms with Crippen molar-refractivity contribution in [2.24, 2.45) is 0 Å². The lowest BCUT2D eigenvalue weighted by atomic mass is 10.2. The van der Waals surface area contributed by atoms with Gasteiger partial charge in [0.05, 0.1) is 0 Å². The Morgan fingerprint density at radius 1 is 1.37 bits per heavy atom. The third-order valence-corrected chi connectivity index (χ3v) is 3.53. The van der Waals surface area contributed by atoms with E-state index in [1.165, 1.54) is 0 Å². The maximum Gasteiger partial charge on any atom is 0.134 e. The lowest BCUT2D eigenvalue weighted by molar-refractivity contribution is 0.200. The van der Waals surface area contributed by atoms with Crippen LogP contribution in [0.4, 0.5) is 5.82 Å². The first-order valence-electron chi connectivity index (χ1n) is 6.92. The van der Waals surface area contributed by atoms with Crippen LogP contribution in [0.5, 0.6) is 0 Å². The second-order valence-electron chi connectivity index (χ2n) is 4.73. The number of anilines is 1. The molecule has 1 aromatic rings. The molecule has 0 aliphatic rings. The molecule has 0 bridgehead atoms. The molecule has 0 aromatic carbocycles. The highest BCUT2D eigenvalue weighted by molar-refractivity contribution is 7.99. The van der Waals surface area contributed by atoms with Gasteiger partial charge in [0.1, 0.15) is 16.7 Å². The highest BCUT2D eigenvalue weighted by atomic mass is 32.2. The van der Waals surface area contributed by atoms with E-state index in [0.29, 0.717) is 5.92 Å². The molecule has 5 heteroatoms. The van der Waals surface area contributed by atoms with E-state index in [1.807, 2.05) is 6.07 Å². The minimum atomic E-state index is 0.349. The second kappa shape index (κ2) is 9.15. The van der Waals surface area contributed by atoms with Gasteiger partial charge in [-0.1, -0.05) is 20.8 Å². The molecule has 1 N–H and O–H groups in total. The standard InChI is InChI=1S/C14H25N3OS/c1-5-7-15-12-10-13(19-9-6-8-18-4)17-14(16-12)11(2)3/h10-11H,5-9H2,1-4H3,(H,15,16,17). The summed E-state index contributed by atoms with van der Waals surface area (Å²) in [5.74, 6) is 3.22. The van der Waals surface area contributed by atoms with Crippen LogP contribution in [-0.2, 0) is 4.74 Å². The van der Waals surface area contributed by atoms with Gasteiger partial charge in [-0.3, -0.25) is 0 Å². The quantitative estimate of drug-likeness (QED) is 0.426. The number of aromatic nitrogens is 2. The Morgan fingerprint density at radius 2 is 2.16 bits per heavy atom. The summed E-state index contributed by atoms with van der Waals surface area (Å²) in [7, 11) is 1.74. The van der Waals surface area contributed by atoms with Crippen LogP contribution in [0.25, 0.3) is 0 Å². The monoisotopic (exact) mass is 283 g/mol. The third kappa shape index (κ3) is 6.25. The van der Waals surface area contributed by atoms with E-state index >= 15 is 0 Å². The van der Waals surface area contributed by atoms with E-state index in [4.69, 9.17) is 4.74 Å². The summed E-state index contributed by atoms with van der Waals surface area (Å²) in [5.41, 5.74) is 0. The van der Waals surface area contributed by atoms with E-state index < -0.39 is 0 Å². The van der Waals surface area contributed by atoms with Gasteiger partial charge in [0.25, 0.3) is 0 Å². The van der Waals surface area contributed by atoms with Crippen LogP contribution in [0.1, 0.15) is 45.4 Å². The topological polar surface area (TPSA) is 47.0 Å². The average molecular weight is 283 g/mol. The normalized spacial score (nSPS) is 11.0. The molecule has 108 valence electrons. The number of methoxy groups -OCH3 is 1. The predicted molar refractivity (Wildman–Crippen MR) is 82.1 cm³/mol. The molecule has 1 aromatic heterocycles. The number of nitrogens with zero attached hydrogens (tertiary/aromatic N) is 2. The number of hydrogen-bond acceptors (Lipinski definition) is 5. The Kier molecular flexibility index (Phi) is 7.82. The van der Waals surface area contributed by atoms with Gasteiger partial charge in [0.15, 0.2) is 0 Å². The smallest absolute Gasteiger partial charge is 0.134 e. The van der Waals surface area contributed by atoms with Gasteiger partial charge in [-0.15, -0.1) is 11.8 Å². The Labute approximate surface area is 120 Å². The highest BCUT2D eigenvalue weighted by Crippen LogP contribution is 2.22. The molecule has 0 saturated heterocycles. The summed E-state index contributed by atoms with van der Waals surface area (Å²) in [6.07, 6.45) is 2.14. The fraction of sp³-hybridized carbons (Fsp3) is 0.714. The molecular weight excluding hydrogens is 258 g/mol. The molecule has 0 amide bonds. The lowest BCUT2D eigenvalue weighted by Crippen LogP contribution is -2.07. The van der Waals surface area contributed by atoms with Crippen molar-refractivity contribution in [1.29, 1.82) is 0 Å². The van der Waals surface area contributed by atoms with Crippen LogP contribution in [-0.4, -0.2) is 36.0 Å². The minimum Gasteiger partial charge on any atom is -0.385 e. The fourth-order valence-corrected chi connectivity index (χ4v) is 2.32. The molecule has 19 heavy (non-hydrogen) atoms. The Morgan fingerprint density at radius 3 is 2.79 bits per heavy atom. The zero-order valence-corrected chi connectivity index (χ0v) is 13.2. The Hall–Kier alpha value is -0.810. The summed E-state index contributed by atoms with van der Waals surface area (Å²) in [4.78, 5) is 9.16. The summed E-state index contributed by atoms with van der Waals surface area (Å²) >= 11 is 1.77. The number of ether oxygens (including phenoxy) is 1. The molecule has 1 heterocycles. The molecule has 0 saturated carbocycles. The molecule has 0 aliphatic heterocycles. The fourth-order valence-electron chi connectivity index (χ4n) is 1.50. The van der Waals surface area contributed by atoms with Crippen molar-refractivity contribution in [3.8, 4) is 0 Å². The zero-order chi connectivity index (χ0) is 14.1. The van der Waals surface area contributed by atoms with Gasteiger partial charge in [0, 0.05) is 38.0 Å². The van der Waals surface area contributed by atoms with Crippen LogP contribution in [0.15, 0.2) is 11.1 Å². The predicted octanol–water partition coefficient (Wildman–Crippen LogP) is 3.55. The van der Waals surface area contributed by atoms with E-state index in [9.17, 15) is 0 Å². The second-order valence-corrected chi connectivity index (χ2v) is 5.84. The first-order chi connectivity index (χ1) is 9.17. The van der Waals surface area contributed by atoms with E-state index in [0.717, 1.165) is 48.4 Å². The van der Waals surface area contributed by atoms with Crippen LogP contribution < -0.4 is 5.32 Å². The number of nitrogens with one attached hydrogen (secondary N) is 1. The Bertz CT molecular complexity index is 372. The van der Waals surface area contributed by atoms with Crippen molar-refractivity contribution in [1.82, 2.24) is 9.97 Å². The van der Waals surface area contributed by atoms with Gasteiger partial charge >= 0.3 is 0 Å². The van der Waals surface area contributed by atoms with Crippen LogP contribution >= 0.6 is 11.8 Å². The molecule has 0 unspecified atom stereocenters. The van der Waals surface area contributed by atoms with E-state index in [2.05, 4.69) is 36.1 Å². The van der Waals surface area contributed by atoms with E-state index in [1.54, 1.807) is 18.9 Å². The van der Waals surface area contributed by atoms with Crippen molar-refractivity contribution in [2.45, 2.75) is 44.6 Å². The molecular formula is C14H25N3OS. The number of thioether (sulfide) groups is 1. The average Bonchev–Trinajstić information content (AvgIpc) is 2.41. The maximum atomic E-state index is 5.06. The third-order valence-electron chi connectivity index (χ3n) is 2.54. The first kappa shape index (κ1) is 16.2. The summed E-state index contributed by atoms with van der Waals surface area (Å²) in [6, 6.07) is 2.04. The molecule has 0 fully saturated rings. The molecule has 1 rings (SSSR count). The Balaban J connectivity index is 2.69. The van der Waals surface area contributed by atoms with Crippen molar-refractivity contribution >= 4 is 17.6 Å². The minimum absolute atomic E-state index is 0.349. The number of hydrogen-bond donors (Lipinski definition) is 1.